The molecule has 0 spiro atoms. The third-order valence-electron chi connectivity index (χ3n) is 2.09. The van der Waals surface area contributed by atoms with Crippen LogP contribution in [-0.2, 0) is 4.74 Å². The van der Waals surface area contributed by atoms with Crippen LogP contribution in [0.5, 0.6) is 0 Å². The van der Waals surface area contributed by atoms with Crippen molar-refractivity contribution in [2.45, 2.75) is 18.9 Å². The number of amides is 1. The highest BCUT2D eigenvalue weighted by atomic mass is 16.5. The van der Waals surface area contributed by atoms with Gasteiger partial charge < -0.3 is 19.8 Å². The van der Waals surface area contributed by atoms with Gasteiger partial charge in [0, 0.05) is 13.2 Å². The number of hydrogen-bond acceptors (Lipinski definition) is 3. The molecule has 0 unspecified atom stereocenters. The van der Waals surface area contributed by atoms with E-state index in [1.165, 1.54) is 4.90 Å². The monoisotopic (exact) mass is 189 g/mol. The minimum absolute atomic E-state index is 0.0444. The molecular weight excluding hydrogens is 174 g/mol. The number of nitrogens with zero attached hydrogens (tertiary/aromatic N) is 1. The molecule has 0 saturated carbocycles. The number of rotatable bonds is 3. The summed E-state index contributed by atoms with van der Waals surface area (Å²) in [4.78, 5) is 11.9. The zero-order chi connectivity index (χ0) is 9.68. The van der Waals surface area contributed by atoms with Crippen molar-refractivity contribution in [2.75, 3.05) is 26.3 Å². The van der Waals surface area contributed by atoms with Crippen LogP contribution >= 0.6 is 0 Å². The molecule has 76 valence electrons. The number of aliphatic hydroxyl groups excluding tert-OH is 1. The van der Waals surface area contributed by atoms with Crippen LogP contribution in [0.4, 0.5) is 4.79 Å². The summed E-state index contributed by atoms with van der Waals surface area (Å²) < 4.78 is 5.34. The number of carboxylic acid groups (broad SMARTS) is 1. The second-order valence-corrected chi connectivity index (χ2v) is 3.09. The van der Waals surface area contributed by atoms with E-state index in [-0.39, 0.29) is 12.7 Å². The van der Waals surface area contributed by atoms with Crippen molar-refractivity contribution in [3.63, 3.8) is 0 Å². The minimum atomic E-state index is -0.891. The van der Waals surface area contributed by atoms with Crippen LogP contribution in [0.25, 0.3) is 0 Å². The molecule has 1 rings (SSSR count). The smallest absolute Gasteiger partial charge is 0.407 e. The summed E-state index contributed by atoms with van der Waals surface area (Å²) in [6.45, 7) is 1.47. The van der Waals surface area contributed by atoms with E-state index in [0.29, 0.717) is 26.1 Å². The molecule has 0 aromatic heterocycles. The Bertz CT molecular complexity index is 174. The second-order valence-electron chi connectivity index (χ2n) is 3.09. The topological polar surface area (TPSA) is 70.0 Å². The fourth-order valence-corrected chi connectivity index (χ4v) is 1.39. The highest BCUT2D eigenvalue weighted by Gasteiger charge is 2.22. The van der Waals surface area contributed by atoms with Crippen LogP contribution in [0, 0.1) is 0 Å². The summed E-state index contributed by atoms with van der Waals surface area (Å²) in [5, 5.41) is 17.3. The molecule has 13 heavy (non-hydrogen) atoms. The lowest BCUT2D eigenvalue weighted by atomic mass is 10.1. The van der Waals surface area contributed by atoms with Crippen molar-refractivity contribution in [1.29, 1.82) is 0 Å². The third-order valence-corrected chi connectivity index (χ3v) is 2.09. The molecule has 0 bridgehead atoms. The Balaban J connectivity index is 2.29. The largest absolute Gasteiger partial charge is 0.465 e. The summed E-state index contributed by atoms with van der Waals surface area (Å²) in [5.41, 5.74) is 0. The van der Waals surface area contributed by atoms with E-state index in [1.54, 1.807) is 0 Å². The number of carbonyl (C=O) groups is 1. The van der Waals surface area contributed by atoms with Crippen molar-refractivity contribution in [2.24, 2.45) is 0 Å². The number of morpholine rings is 1. The van der Waals surface area contributed by atoms with Crippen molar-refractivity contribution in [1.82, 2.24) is 4.90 Å². The molecule has 1 heterocycles. The molecule has 2 N–H and O–H groups in total. The van der Waals surface area contributed by atoms with Gasteiger partial charge in [0.05, 0.1) is 19.3 Å². The second kappa shape index (κ2) is 5.04. The van der Waals surface area contributed by atoms with Gasteiger partial charge in [0.15, 0.2) is 0 Å². The van der Waals surface area contributed by atoms with Crippen LogP contribution < -0.4 is 0 Å². The Morgan fingerprint density at radius 1 is 1.62 bits per heavy atom. The van der Waals surface area contributed by atoms with Gasteiger partial charge in [-0.25, -0.2) is 4.79 Å². The quantitative estimate of drug-likeness (QED) is 0.662. The van der Waals surface area contributed by atoms with Gasteiger partial charge in [-0.15, -0.1) is 0 Å². The predicted octanol–water partition coefficient (Wildman–Crippen LogP) is 0.138. The summed E-state index contributed by atoms with van der Waals surface area (Å²) in [5.74, 6) is 0. The Kier molecular flexibility index (Phi) is 3.98. The van der Waals surface area contributed by atoms with E-state index >= 15 is 0 Å². The van der Waals surface area contributed by atoms with Crippen LogP contribution in [0.2, 0.25) is 0 Å². The Morgan fingerprint density at radius 2 is 2.38 bits per heavy atom. The maximum Gasteiger partial charge on any atom is 0.407 e. The Morgan fingerprint density at radius 3 is 3.00 bits per heavy atom. The van der Waals surface area contributed by atoms with Crippen molar-refractivity contribution >= 4 is 6.09 Å². The van der Waals surface area contributed by atoms with E-state index < -0.39 is 6.09 Å². The van der Waals surface area contributed by atoms with Crippen LogP contribution in [0.15, 0.2) is 0 Å². The SMILES string of the molecule is O=C(O)N1CCO[C@@H](CCCO)C1. The molecule has 0 aromatic carbocycles. The average molecular weight is 189 g/mol. The van der Waals surface area contributed by atoms with E-state index in [4.69, 9.17) is 14.9 Å². The number of hydrogen-bond donors (Lipinski definition) is 2. The molecule has 1 atom stereocenters. The first kappa shape index (κ1) is 10.3. The van der Waals surface area contributed by atoms with E-state index in [9.17, 15) is 4.79 Å². The highest BCUT2D eigenvalue weighted by Crippen LogP contribution is 2.10. The molecule has 1 amide bonds. The van der Waals surface area contributed by atoms with E-state index in [1.807, 2.05) is 0 Å². The first-order valence-electron chi connectivity index (χ1n) is 4.44. The molecule has 0 aliphatic carbocycles. The lowest BCUT2D eigenvalue weighted by molar-refractivity contribution is -0.0275. The fraction of sp³-hybridized carbons (Fsp3) is 0.875. The first-order valence-corrected chi connectivity index (χ1v) is 4.44. The van der Waals surface area contributed by atoms with Gasteiger partial charge in [-0.3, -0.25) is 0 Å². The lowest BCUT2D eigenvalue weighted by Crippen LogP contribution is -2.45. The minimum Gasteiger partial charge on any atom is -0.465 e. The van der Waals surface area contributed by atoms with Crippen molar-refractivity contribution in [3.8, 4) is 0 Å². The van der Waals surface area contributed by atoms with Crippen LogP contribution in [0.1, 0.15) is 12.8 Å². The molecule has 1 aliphatic heterocycles. The fourth-order valence-electron chi connectivity index (χ4n) is 1.39. The molecule has 0 aromatic rings. The Hall–Kier alpha value is -0.810. The first-order chi connectivity index (χ1) is 6.24. The third kappa shape index (κ3) is 3.20. The maximum atomic E-state index is 10.6. The summed E-state index contributed by atoms with van der Waals surface area (Å²) >= 11 is 0. The van der Waals surface area contributed by atoms with E-state index in [2.05, 4.69) is 0 Å². The molecule has 5 nitrogen and oxygen atoms in total. The zero-order valence-electron chi connectivity index (χ0n) is 7.48. The van der Waals surface area contributed by atoms with Crippen molar-refractivity contribution < 1.29 is 19.7 Å². The van der Waals surface area contributed by atoms with Gasteiger partial charge in [-0.05, 0) is 12.8 Å². The molecule has 5 heteroatoms. The summed E-state index contributed by atoms with van der Waals surface area (Å²) in [6.07, 6.45) is 0.451. The lowest BCUT2D eigenvalue weighted by Gasteiger charge is -2.30. The predicted molar refractivity (Wildman–Crippen MR) is 45.7 cm³/mol. The molecule has 1 saturated heterocycles. The zero-order valence-corrected chi connectivity index (χ0v) is 7.48. The van der Waals surface area contributed by atoms with Crippen molar-refractivity contribution in [3.05, 3.63) is 0 Å². The van der Waals surface area contributed by atoms with Gasteiger partial charge in [-0.1, -0.05) is 0 Å². The van der Waals surface area contributed by atoms with Gasteiger partial charge in [-0.2, -0.15) is 0 Å². The van der Waals surface area contributed by atoms with Gasteiger partial charge in [0.25, 0.3) is 0 Å². The number of ether oxygens (including phenoxy) is 1. The van der Waals surface area contributed by atoms with E-state index in [0.717, 1.165) is 6.42 Å². The molecule has 0 radical (unpaired) electrons. The summed E-state index contributed by atoms with van der Waals surface area (Å²) in [7, 11) is 0. The van der Waals surface area contributed by atoms with Crippen LogP contribution in [-0.4, -0.2) is 53.6 Å². The highest BCUT2D eigenvalue weighted by molar-refractivity contribution is 5.65. The van der Waals surface area contributed by atoms with Crippen LogP contribution in [0.3, 0.4) is 0 Å². The van der Waals surface area contributed by atoms with Gasteiger partial charge >= 0.3 is 6.09 Å². The molecular formula is C8H15NO4. The van der Waals surface area contributed by atoms with Gasteiger partial charge in [0.1, 0.15) is 0 Å². The molecule has 1 fully saturated rings. The normalized spacial score (nSPS) is 23.2. The van der Waals surface area contributed by atoms with Gasteiger partial charge in [0.2, 0.25) is 0 Å². The Labute approximate surface area is 76.9 Å². The summed E-state index contributed by atoms with van der Waals surface area (Å²) in [6, 6.07) is 0. The molecule has 1 aliphatic rings. The average Bonchev–Trinajstić information content (AvgIpc) is 2.15. The number of aliphatic hydroxyl groups is 1. The standard InChI is InChI=1S/C8H15NO4/c10-4-1-2-7-6-9(8(11)12)3-5-13-7/h7,10H,1-6H2,(H,11,12)/t7-/m0/s1. The maximum absolute atomic E-state index is 10.6.